The lowest BCUT2D eigenvalue weighted by Gasteiger charge is -2.55. The van der Waals surface area contributed by atoms with Gasteiger partial charge in [0.1, 0.15) is 0 Å². The van der Waals surface area contributed by atoms with E-state index in [4.69, 9.17) is 18.9 Å². The Hall–Kier alpha value is -0.850. The molecule has 4 aliphatic heterocycles. The first-order valence-electron chi connectivity index (χ1n) is 7.88. The molecule has 120 valence electrons. The molecule has 0 aromatic heterocycles. The smallest absolute Gasteiger partial charge is 0.409 e. The second-order valence-electron chi connectivity index (χ2n) is 6.45. The van der Waals surface area contributed by atoms with Gasteiger partial charge in [0, 0.05) is 24.4 Å². The van der Waals surface area contributed by atoms with Crippen molar-refractivity contribution in [1.29, 1.82) is 0 Å². The van der Waals surface area contributed by atoms with Crippen molar-refractivity contribution in [2.45, 2.75) is 38.6 Å². The number of hydrogen-bond acceptors (Lipinski definition) is 5. The van der Waals surface area contributed by atoms with Crippen LogP contribution in [0.25, 0.3) is 0 Å². The predicted octanol–water partition coefficient (Wildman–Crippen LogP) is 1.98. The number of ether oxygens (including phenoxy) is 4. The van der Waals surface area contributed by atoms with Gasteiger partial charge in [0.15, 0.2) is 0 Å². The van der Waals surface area contributed by atoms with E-state index in [1.165, 1.54) is 7.11 Å². The molecule has 6 nitrogen and oxygen atoms in total. The summed E-state index contributed by atoms with van der Waals surface area (Å²) in [4.78, 5) is 13.3. The molecular weight excluding hydrogens is 274 g/mol. The van der Waals surface area contributed by atoms with Crippen LogP contribution in [-0.2, 0) is 18.9 Å². The van der Waals surface area contributed by atoms with Crippen LogP contribution in [0, 0.1) is 11.3 Å². The van der Waals surface area contributed by atoms with E-state index in [9.17, 15) is 4.79 Å². The lowest BCUT2D eigenvalue weighted by Crippen LogP contribution is -2.64. The Morgan fingerprint density at radius 2 is 1.76 bits per heavy atom. The Morgan fingerprint density at radius 3 is 2.24 bits per heavy atom. The molecular formula is C15H25NO5. The van der Waals surface area contributed by atoms with E-state index in [0.717, 1.165) is 45.5 Å². The maximum atomic E-state index is 11.5. The van der Waals surface area contributed by atoms with Gasteiger partial charge >= 0.3 is 6.09 Å². The van der Waals surface area contributed by atoms with Crippen molar-refractivity contribution >= 4 is 6.09 Å². The standard InChI is InChI=1S/C15H25NO5/c1-3-6-14-9-19-15(20-10-14,21-11-14)12-4-7-16(8-5-12)13(17)18-2/h12H,3-11H2,1-2H3. The first kappa shape index (κ1) is 15.1. The number of methoxy groups -OCH3 is 1. The fraction of sp³-hybridized carbons (Fsp3) is 0.933. The van der Waals surface area contributed by atoms with Gasteiger partial charge in [0.05, 0.1) is 26.9 Å². The van der Waals surface area contributed by atoms with Gasteiger partial charge in [-0.2, -0.15) is 0 Å². The molecule has 21 heavy (non-hydrogen) atoms. The highest BCUT2D eigenvalue weighted by Gasteiger charge is 2.56. The first-order valence-corrected chi connectivity index (χ1v) is 7.88. The monoisotopic (exact) mass is 299 g/mol. The molecule has 0 spiro atoms. The minimum atomic E-state index is -0.877. The molecule has 0 saturated carbocycles. The normalized spacial score (nSPS) is 36.8. The third-order valence-corrected chi connectivity index (χ3v) is 4.95. The van der Waals surface area contributed by atoms with Crippen molar-refractivity contribution in [1.82, 2.24) is 4.90 Å². The average molecular weight is 299 g/mol. The summed E-state index contributed by atoms with van der Waals surface area (Å²) in [5.41, 5.74) is 0.0449. The Bertz CT molecular complexity index is 367. The number of amides is 1. The quantitative estimate of drug-likeness (QED) is 0.797. The highest BCUT2D eigenvalue weighted by Crippen LogP contribution is 2.46. The van der Waals surface area contributed by atoms with E-state index in [1.807, 2.05) is 0 Å². The Balaban J connectivity index is 1.59. The first-order chi connectivity index (χ1) is 10.1. The van der Waals surface area contributed by atoms with Gasteiger partial charge in [0.2, 0.25) is 0 Å². The molecule has 0 N–H and O–H groups in total. The zero-order chi connectivity index (χ0) is 14.9. The highest BCUT2D eigenvalue weighted by atomic mass is 16.9. The average Bonchev–Trinajstić information content (AvgIpc) is 2.56. The van der Waals surface area contributed by atoms with Gasteiger partial charge in [0.25, 0.3) is 5.97 Å². The van der Waals surface area contributed by atoms with Crippen LogP contribution >= 0.6 is 0 Å². The molecule has 0 aliphatic carbocycles. The van der Waals surface area contributed by atoms with Crippen molar-refractivity contribution in [3.05, 3.63) is 0 Å². The molecule has 0 radical (unpaired) electrons. The molecule has 1 amide bonds. The predicted molar refractivity (Wildman–Crippen MR) is 74.6 cm³/mol. The number of hydrogen-bond donors (Lipinski definition) is 0. The molecule has 4 rings (SSSR count). The van der Waals surface area contributed by atoms with Crippen molar-refractivity contribution in [2.24, 2.45) is 11.3 Å². The molecule has 6 heteroatoms. The van der Waals surface area contributed by atoms with Crippen LogP contribution in [0.5, 0.6) is 0 Å². The topological polar surface area (TPSA) is 57.2 Å². The van der Waals surface area contributed by atoms with Crippen molar-refractivity contribution in [2.75, 3.05) is 40.0 Å². The van der Waals surface area contributed by atoms with Gasteiger partial charge in [-0.25, -0.2) is 4.79 Å². The van der Waals surface area contributed by atoms with Gasteiger partial charge in [-0.1, -0.05) is 13.3 Å². The third-order valence-electron chi connectivity index (χ3n) is 4.95. The summed E-state index contributed by atoms with van der Waals surface area (Å²) in [5.74, 6) is -0.698. The number of rotatable bonds is 3. The molecule has 0 aromatic rings. The van der Waals surface area contributed by atoms with Gasteiger partial charge in [-0.05, 0) is 19.3 Å². The van der Waals surface area contributed by atoms with E-state index < -0.39 is 5.97 Å². The number of nitrogens with zero attached hydrogens (tertiary/aromatic N) is 1. The van der Waals surface area contributed by atoms with Crippen LogP contribution in [0.1, 0.15) is 32.6 Å². The largest absolute Gasteiger partial charge is 0.453 e. The lowest BCUT2D eigenvalue weighted by atomic mass is 9.82. The number of carbonyl (C=O) groups is 1. The molecule has 4 heterocycles. The molecule has 0 aromatic carbocycles. The summed E-state index contributed by atoms with van der Waals surface area (Å²) >= 11 is 0. The minimum absolute atomic E-state index is 0.0449. The molecule has 4 fully saturated rings. The number of fused-ring (bicyclic) bond motifs is 3. The molecule has 4 saturated heterocycles. The Kier molecular flexibility index (Phi) is 4.12. The molecule has 4 aliphatic rings. The van der Waals surface area contributed by atoms with Crippen LogP contribution in [0.15, 0.2) is 0 Å². The number of carbonyl (C=O) groups excluding carboxylic acids is 1. The number of likely N-dealkylation sites (tertiary alicyclic amines) is 1. The second-order valence-corrected chi connectivity index (χ2v) is 6.45. The number of piperidine rings is 1. The Labute approximate surface area is 125 Å². The molecule has 2 bridgehead atoms. The maximum Gasteiger partial charge on any atom is 0.409 e. The highest BCUT2D eigenvalue weighted by molar-refractivity contribution is 5.67. The molecule has 0 unspecified atom stereocenters. The zero-order valence-electron chi connectivity index (χ0n) is 12.9. The summed E-state index contributed by atoms with van der Waals surface area (Å²) in [5, 5.41) is 0. The van der Waals surface area contributed by atoms with Crippen molar-refractivity contribution in [3.63, 3.8) is 0 Å². The fourth-order valence-electron chi connectivity index (χ4n) is 3.66. The van der Waals surface area contributed by atoms with Crippen LogP contribution in [-0.4, -0.2) is 57.0 Å². The van der Waals surface area contributed by atoms with E-state index in [2.05, 4.69) is 6.92 Å². The zero-order valence-corrected chi connectivity index (χ0v) is 12.9. The van der Waals surface area contributed by atoms with E-state index >= 15 is 0 Å². The summed E-state index contributed by atoms with van der Waals surface area (Å²) in [6.45, 7) is 5.66. The summed E-state index contributed by atoms with van der Waals surface area (Å²) < 4.78 is 22.8. The van der Waals surface area contributed by atoms with Gasteiger partial charge in [-0.15, -0.1) is 0 Å². The lowest BCUT2D eigenvalue weighted by molar-refractivity contribution is -0.488. The third kappa shape index (κ3) is 2.64. The summed E-state index contributed by atoms with van der Waals surface area (Å²) in [6.07, 6.45) is 3.55. The van der Waals surface area contributed by atoms with Crippen LogP contribution in [0.2, 0.25) is 0 Å². The second kappa shape index (κ2) is 5.74. The summed E-state index contributed by atoms with van der Waals surface area (Å²) in [6, 6.07) is 0. The Morgan fingerprint density at radius 1 is 1.19 bits per heavy atom. The van der Waals surface area contributed by atoms with E-state index in [1.54, 1.807) is 4.90 Å². The fourth-order valence-corrected chi connectivity index (χ4v) is 3.66. The maximum absolute atomic E-state index is 11.5. The van der Waals surface area contributed by atoms with Crippen molar-refractivity contribution in [3.8, 4) is 0 Å². The van der Waals surface area contributed by atoms with Gasteiger partial charge < -0.3 is 23.8 Å². The van der Waals surface area contributed by atoms with Crippen molar-refractivity contribution < 1.29 is 23.7 Å². The SMILES string of the molecule is CCCC12COC(C3CCN(C(=O)OC)CC3)(OC1)OC2. The summed E-state index contributed by atoms with van der Waals surface area (Å²) in [7, 11) is 1.41. The molecule has 0 atom stereocenters. The van der Waals surface area contributed by atoms with Crippen LogP contribution in [0.3, 0.4) is 0 Å². The minimum Gasteiger partial charge on any atom is -0.453 e. The van der Waals surface area contributed by atoms with Gasteiger partial charge in [-0.3, -0.25) is 0 Å². The van der Waals surface area contributed by atoms with E-state index in [0.29, 0.717) is 13.1 Å². The van der Waals surface area contributed by atoms with Crippen LogP contribution in [0.4, 0.5) is 4.79 Å². The van der Waals surface area contributed by atoms with Crippen LogP contribution < -0.4 is 0 Å². The van der Waals surface area contributed by atoms with E-state index in [-0.39, 0.29) is 17.4 Å².